The largest absolute Gasteiger partial charge is 0.495 e. The number of alkyl halides is 1. The predicted molar refractivity (Wildman–Crippen MR) is 63.1 cm³/mol. The Kier molecular flexibility index (Phi) is 5.21. The monoisotopic (exact) mass is 245 g/mol. The van der Waals surface area contributed by atoms with Gasteiger partial charge in [0.05, 0.1) is 7.11 Å². The van der Waals surface area contributed by atoms with E-state index < -0.39 is 0 Å². The van der Waals surface area contributed by atoms with Crippen molar-refractivity contribution >= 4 is 28.8 Å². The molecule has 1 aromatic heterocycles. The molecule has 0 saturated heterocycles. The number of hydrogen-bond donors (Lipinski definition) is 1. The Morgan fingerprint density at radius 2 is 2.47 bits per heavy atom. The zero-order valence-corrected chi connectivity index (χ0v) is 9.90. The summed E-state index contributed by atoms with van der Waals surface area (Å²) >= 11 is 6.81. The van der Waals surface area contributed by atoms with Crippen molar-refractivity contribution in [2.75, 3.05) is 19.5 Å². The van der Waals surface area contributed by atoms with Crippen molar-refractivity contribution in [2.24, 2.45) is 0 Å². The topological polar surface area (TPSA) is 38.3 Å². The molecule has 1 amide bonds. The van der Waals surface area contributed by atoms with Gasteiger partial charge in [-0.15, -0.1) is 22.9 Å². The summed E-state index contributed by atoms with van der Waals surface area (Å²) in [5, 5.41) is 4.56. The lowest BCUT2D eigenvalue weighted by Crippen LogP contribution is -2.22. The standard InChI is InChI=1S/C10H12ClNO2S/c1-14-8-4-7-15-9(8)10(13)12-6-3-2-5-11/h2-4,7H,5-6H2,1H3,(H,12,13)/b3-2+. The molecule has 3 nitrogen and oxygen atoms in total. The van der Waals surface area contributed by atoms with Crippen molar-refractivity contribution in [1.29, 1.82) is 0 Å². The highest BCUT2D eigenvalue weighted by Crippen LogP contribution is 2.23. The fraction of sp³-hybridized carbons (Fsp3) is 0.300. The molecular formula is C10H12ClNO2S. The summed E-state index contributed by atoms with van der Waals surface area (Å²) in [7, 11) is 1.55. The van der Waals surface area contributed by atoms with Gasteiger partial charge in [-0.1, -0.05) is 12.2 Å². The lowest BCUT2D eigenvalue weighted by atomic mass is 10.4. The molecule has 0 aliphatic carbocycles. The Labute approximate surface area is 97.7 Å². The number of thiophene rings is 1. The molecule has 0 saturated carbocycles. The van der Waals surface area contributed by atoms with Gasteiger partial charge in [-0.2, -0.15) is 0 Å². The van der Waals surface area contributed by atoms with E-state index >= 15 is 0 Å². The molecule has 0 aliphatic heterocycles. The first-order valence-corrected chi connectivity index (χ1v) is 5.81. The lowest BCUT2D eigenvalue weighted by Gasteiger charge is -2.02. The minimum atomic E-state index is -0.124. The highest BCUT2D eigenvalue weighted by Gasteiger charge is 2.12. The summed E-state index contributed by atoms with van der Waals surface area (Å²) < 4.78 is 5.04. The van der Waals surface area contributed by atoms with E-state index in [4.69, 9.17) is 16.3 Å². The normalized spacial score (nSPS) is 10.5. The van der Waals surface area contributed by atoms with Crippen LogP contribution < -0.4 is 10.1 Å². The fourth-order valence-corrected chi connectivity index (χ4v) is 1.90. The molecule has 1 rings (SSSR count). The van der Waals surface area contributed by atoms with Crippen molar-refractivity contribution < 1.29 is 9.53 Å². The Morgan fingerprint density at radius 1 is 1.67 bits per heavy atom. The SMILES string of the molecule is COc1ccsc1C(=O)NC/C=C/CCl. The van der Waals surface area contributed by atoms with Crippen LogP contribution in [0.4, 0.5) is 0 Å². The number of carbonyl (C=O) groups excluding carboxylic acids is 1. The second-order valence-corrected chi connectivity index (χ2v) is 3.88. The van der Waals surface area contributed by atoms with E-state index in [1.54, 1.807) is 19.3 Å². The van der Waals surface area contributed by atoms with Crippen LogP contribution in [0.25, 0.3) is 0 Å². The fourth-order valence-electron chi connectivity index (χ4n) is 1.00. The quantitative estimate of drug-likeness (QED) is 0.639. The number of hydrogen-bond acceptors (Lipinski definition) is 3. The highest BCUT2D eigenvalue weighted by atomic mass is 35.5. The van der Waals surface area contributed by atoms with E-state index in [9.17, 15) is 4.79 Å². The van der Waals surface area contributed by atoms with Crippen LogP contribution in [-0.2, 0) is 0 Å². The first-order valence-electron chi connectivity index (χ1n) is 4.40. The van der Waals surface area contributed by atoms with Crippen molar-refractivity contribution in [3.05, 3.63) is 28.5 Å². The number of carbonyl (C=O) groups is 1. The third-order valence-electron chi connectivity index (χ3n) is 1.69. The Morgan fingerprint density at radius 3 is 3.13 bits per heavy atom. The molecule has 0 unspecified atom stereocenters. The molecular weight excluding hydrogens is 234 g/mol. The Hall–Kier alpha value is -1.00. The summed E-state index contributed by atoms with van der Waals surface area (Å²) in [5.41, 5.74) is 0. The number of halogens is 1. The molecule has 5 heteroatoms. The van der Waals surface area contributed by atoms with E-state index in [0.29, 0.717) is 23.1 Å². The number of amides is 1. The zero-order valence-electron chi connectivity index (χ0n) is 8.33. The molecule has 82 valence electrons. The van der Waals surface area contributed by atoms with Crippen LogP contribution in [0, 0.1) is 0 Å². The maximum Gasteiger partial charge on any atom is 0.265 e. The molecule has 0 fully saturated rings. The number of allylic oxidation sites excluding steroid dienone is 1. The first-order chi connectivity index (χ1) is 7.29. The minimum absolute atomic E-state index is 0.124. The molecule has 0 spiro atoms. The number of rotatable bonds is 5. The van der Waals surface area contributed by atoms with Crippen molar-refractivity contribution in [2.45, 2.75) is 0 Å². The molecule has 0 bridgehead atoms. The predicted octanol–water partition coefficient (Wildman–Crippen LogP) is 2.28. The van der Waals surface area contributed by atoms with Crippen LogP contribution in [0.5, 0.6) is 5.75 Å². The second kappa shape index (κ2) is 6.48. The maximum atomic E-state index is 11.6. The summed E-state index contributed by atoms with van der Waals surface area (Å²) in [6.07, 6.45) is 3.60. The average Bonchev–Trinajstić information content (AvgIpc) is 2.72. The van der Waals surface area contributed by atoms with Crippen LogP contribution >= 0.6 is 22.9 Å². The van der Waals surface area contributed by atoms with Crippen LogP contribution in [0.1, 0.15) is 9.67 Å². The van der Waals surface area contributed by atoms with Crippen molar-refractivity contribution in [1.82, 2.24) is 5.32 Å². The van der Waals surface area contributed by atoms with Gasteiger partial charge in [0, 0.05) is 12.4 Å². The van der Waals surface area contributed by atoms with Gasteiger partial charge < -0.3 is 10.1 Å². The van der Waals surface area contributed by atoms with Crippen molar-refractivity contribution in [3.63, 3.8) is 0 Å². The molecule has 15 heavy (non-hydrogen) atoms. The number of ether oxygens (including phenoxy) is 1. The minimum Gasteiger partial charge on any atom is -0.495 e. The number of methoxy groups -OCH3 is 1. The van der Waals surface area contributed by atoms with E-state index in [1.165, 1.54) is 11.3 Å². The summed E-state index contributed by atoms with van der Waals surface area (Å²) in [6, 6.07) is 1.77. The summed E-state index contributed by atoms with van der Waals surface area (Å²) in [5.74, 6) is 0.943. The average molecular weight is 246 g/mol. The Balaban J connectivity index is 2.50. The maximum absolute atomic E-state index is 11.6. The van der Waals surface area contributed by atoms with Gasteiger partial charge in [0.15, 0.2) is 0 Å². The number of nitrogens with one attached hydrogen (secondary N) is 1. The molecule has 0 aromatic carbocycles. The smallest absolute Gasteiger partial charge is 0.265 e. The van der Waals surface area contributed by atoms with Crippen LogP contribution in [0.15, 0.2) is 23.6 Å². The molecule has 1 aromatic rings. The lowest BCUT2D eigenvalue weighted by molar-refractivity contribution is 0.0959. The third kappa shape index (κ3) is 3.57. The van der Waals surface area contributed by atoms with Crippen LogP contribution in [-0.4, -0.2) is 25.4 Å². The van der Waals surface area contributed by atoms with E-state index in [1.807, 2.05) is 11.5 Å². The van der Waals surface area contributed by atoms with Gasteiger partial charge in [0.1, 0.15) is 10.6 Å². The first kappa shape index (κ1) is 12.1. The van der Waals surface area contributed by atoms with E-state index in [0.717, 1.165) is 0 Å². The van der Waals surface area contributed by atoms with Crippen molar-refractivity contribution in [3.8, 4) is 5.75 Å². The molecule has 0 atom stereocenters. The van der Waals surface area contributed by atoms with E-state index in [-0.39, 0.29) is 5.91 Å². The molecule has 1 N–H and O–H groups in total. The van der Waals surface area contributed by atoms with Gasteiger partial charge in [-0.25, -0.2) is 0 Å². The Bertz CT molecular complexity index is 349. The molecule has 0 aliphatic rings. The summed E-state index contributed by atoms with van der Waals surface area (Å²) in [6.45, 7) is 0.479. The van der Waals surface area contributed by atoms with Gasteiger partial charge in [0.25, 0.3) is 5.91 Å². The third-order valence-corrected chi connectivity index (χ3v) is 2.76. The van der Waals surface area contributed by atoms with Crippen LogP contribution in [0.3, 0.4) is 0 Å². The molecule has 0 radical (unpaired) electrons. The second-order valence-electron chi connectivity index (χ2n) is 2.65. The zero-order chi connectivity index (χ0) is 11.1. The van der Waals surface area contributed by atoms with E-state index in [2.05, 4.69) is 5.32 Å². The highest BCUT2D eigenvalue weighted by molar-refractivity contribution is 7.12. The van der Waals surface area contributed by atoms with Gasteiger partial charge in [-0.05, 0) is 11.4 Å². The van der Waals surface area contributed by atoms with Crippen LogP contribution in [0.2, 0.25) is 0 Å². The van der Waals surface area contributed by atoms with Gasteiger partial charge in [-0.3, -0.25) is 4.79 Å². The van der Waals surface area contributed by atoms with Gasteiger partial charge >= 0.3 is 0 Å². The molecule has 1 heterocycles. The summed E-state index contributed by atoms with van der Waals surface area (Å²) in [4.78, 5) is 12.2. The van der Waals surface area contributed by atoms with Gasteiger partial charge in [0.2, 0.25) is 0 Å².